The van der Waals surface area contributed by atoms with Crippen LogP contribution >= 0.6 is 0 Å². The van der Waals surface area contributed by atoms with Gasteiger partial charge in [-0.05, 0) is 38.1 Å². The third kappa shape index (κ3) is 3.71. The van der Waals surface area contributed by atoms with Crippen molar-refractivity contribution in [3.63, 3.8) is 0 Å². The van der Waals surface area contributed by atoms with Crippen molar-refractivity contribution in [1.82, 2.24) is 5.16 Å². The molecule has 2 rings (SSSR count). The standard InChI is InChI=1S/C18H22FNO5S/c1-17(2,11-21)16-10-13(20-25-16)9-15(22)18(3,4)26(23,24)14-7-5-12(19)6-8-14/h5-8,10,21H,9,11H2,1-4H3. The highest BCUT2D eigenvalue weighted by Crippen LogP contribution is 2.29. The van der Waals surface area contributed by atoms with Gasteiger partial charge in [0.2, 0.25) is 0 Å². The molecule has 0 atom stereocenters. The molecule has 0 fully saturated rings. The summed E-state index contributed by atoms with van der Waals surface area (Å²) >= 11 is 0. The van der Waals surface area contributed by atoms with E-state index < -0.39 is 31.6 Å². The molecule has 0 spiro atoms. The van der Waals surface area contributed by atoms with Gasteiger partial charge in [-0.25, -0.2) is 12.8 Å². The van der Waals surface area contributed by atoms with Gasteiger partial charge in [-0.3, -0.25) is 4.79 Å². The van der Waals surface area contributed by atoms with Crippen LogP contribution in [0.25, 0.3) is 0 Å². The zero-order chi connectivity index (χ0) is 19.8. The molecule has 0 radical (unpaired) electrons. The van der Waals surface area contributed by atoms with E-state index in [9.17, 15) is 22.7 Å². The zero-order valence-corrected chi connectivity index (χ0v) is 15.9. The Labute approximate surface area is 151 Å². The van der Waals surface area contributed by atoms with Gasteiger partial charge in [0.25, 0.3) is 0 Å². The van der Waals surface area contributed by atoms with Crippen molar-refractivity contribution in [3.05, 3.63) is 47.6 Å². The quantitative estimate of drug-likeness (QED) is 0.738. The summed E-state index contributed by atoms with van der Waals surface area (Å²) in [6, 6.07) is 5.88. The number of hydrogen-bond acceptors (Lipinski definition) is 6. The molecule has 8 heteroatoms. The first kappa shape index (κ1) is 20.3. The molecule has 6 nitrogen and oxygen atoms in total. The van der Waals surface area contributed by atoms with Crippen LogP contribution in [-0.4, -0.2) is 35.8 Å². The van der Waals surface area contributed by atoms with E-state index in [0.29, 0.717) is 5.76 Å². The maximum Gasteiger partial charge on any atom is 0.190 e. The number of sulfone groups is 1. The highest BCUT2D eigenvalue weighted by molar-refractivity contribution is 7.93. The Bertz CT molecular complexity index is 898. The molecule has 26 heavy (non-hydrogen) atoms. The number of rotatable bonds is 7. The molecule has 0 bridgehead atoms. The summed E-state index contributed by atoms with van der Waals surface area (Å²) < 4.78 is 42.1. The summed E-state index contributed by atoms with van der Waals surface area (Å²) in [5, 5.41) is 13.2. The van der Waals surface area contributed by atoms with Crippen LogP contribution in [0.2, 0.25) is 0 Å². The van der Waals surface area contributed by atoms with E-state index in [2.05, 4.69) is 5.16 Å². The summed E-state index contributed by atoms with van der Waals surface area (Å²) in [5.41, 5.74) is -0.377. The minimum absolute atomic E-state index is 0.125. The second kappa shape index (κ2) is 6.92. The number of halogens is 1. The van der Waals surface area contributed by atoms with Crippen LogP contribution in [0.5, 0.6) is 0 Å². The molecular weight excluding hydrogens is 361 g/mol. The average molecular weight is 383 g/mol. The lowest BCUT2D eigenvalue weighted by Gasteiger charge is -2.23. The summed E-state index contributed by atoms with van der Waals surface area (Å²) in [6.07, 6.45) is -0.238. The van der Waals surface area contributed by atoms with E-state index in [1.165, 1.54) is 19.9 Å². The maximum absolute atomic E-state index is 13.0. The number of aliphatic hydroxyl groups excluding tert-OH is 1. The predicted molar refractivity (Wildman–Crippen MR) is 93.0 cm³/mol. The van der Waals surface area contributed by atoms with Crippen molar-refractivity contribution in [3.8, 4) is 0 Å². The van der Waals surface area contributed by atoms with Crippen LogP contribution in [0.4, 0.5) is 4.39 Å². The van der Waals surface area contributed by atoms with Crippen LogP contribution in [0.15, 0.2) is 39.8 Å². The summed E-state index contributed by atoms with van der Waals surface area (Å²) in [4.78, 5) is 12.5. The zero-order valence-electron chi connectivity index (χ0n) is 15.1. The number of Topliss-reactive ketones (excluding diaryl/α,β-unsaturated/α-hetero) is 1. The number of benzene rings is 1. The van der Waals surface area contributed by atoms with Gasteiger partial charge in [0.1, 0.15) is 16.3 Å². The number of hydrogen-bond donors (Lipinski definition) is 1. The third-order valence-electron chi connectivity index (χ3n) is 4.43. The van der Waals surface area contributed by atoms with Crippen LogP contribution < -0.4 is 0 Å². The second-order valence-electron chi connectivity index (χ2n) is 7.29. The molecule has 1 heterocycles. The molecule has 0 aliphatic carbocycles. The number of carbonyl (C=O) groups excluding carboxylic acids is 1. The fraction of sp³-hybridized carbons (Fsp3) is 0.444. The van der Waals surface area contributed by atoms with Gasteiger partial charge in [-0.15, -0.1) is 0 Å². The molecular formula is C18H22FNO5S. The monoisotopic (exact) mass is 383 g/mol. The van der Waals surface area contributed by atoms with Crippen LogP contribution in [0, 0.1) is 5.82 Å². The van der Waals surface area contributed by atoms with E-state index in [0.717, 1.165) is 24.3 Å². The molecule has 0 aliphatic rings. The lowest BCUT2D eigenvalue weighted by molar-refractivity contribution is -0.120. The molecule has 1 N–H and O–H groups in total. The normalized spacial score (nSPS) is 13.0. The van der Waals surface area contributed by atoms with Crippen molar-refractivity contribution in [2.75, 3.05) is 6.61 Å². The van der Waals surface area contributed by atoms with E-state index in [-0.39, 0.29) is 23.6 Å². The number of nitrogens with zero attached hydrogens (tertiary/aromatic N) is 1. The Morgan fingerprint density at radius 3 is 2.31 bits per heavy atom. The van der Waals surface area contributed by atoms with Crippen molar-refractivity contribution in [2.24, 2.45) is 0 Å². The fourth-order valence-electron chi connectivity index (χ4n) is 2.23. The third-order valence-corrected chi connectivity index (χ3v) is 6.89. The number of ketones is 1. The first-order valence-electron chi connectivity index (χ1n) is 8.02. The van der Waals surface area contributed by atoms with Gasteiger partial charge in [0.15, 0.2) is 15.6 Å². The molecule has 0 amide bonds. The van der Waals surface area contributed by atoms with Gasteiger partial charge < -0.3 is 9.63 Å². The summed E-state index contributed by atoms with van der Waals surface area (Å²) in [5.74, 6) is -0.722. The lowest BCUT2D eigenvalue weighted by atomic mass is 9.91. The Hall–Kier alpha value is -2.06. The SMILES string of the molecule is CC(C)(CO)c1cc(CC(=O)C(C)(C)S(=O)(=O)c2ccc(F)cc2)no1. The molecule has 0 saturated carbocycles. The van der Waals surface area contributed by atoms with Crippen LogP contribution in [0.1, 0.15) is 39.1 Å². The molecule has 0 unspecified atom stereocenters. The minimum atomic E-state index is -4.02. The van der Waals surface area contributed by atoms with Gasteiger partial charge in [0.05, 0.1) is 23.6 Å². The Morgan fingerprint density at radius 2 is 1.77 bits per heavy atom. The van der Waals surface area contributed by atoms with E-state index >= 15 is 0 Å². The summed E-state index contributed by atoms with van der Waals surface area (Å²) in [7, 11) is -4.02. The van der Waals surface area contributed by atoms with Crippen LogP contribution in [0.3, 0.4) is 0 Å². The Balaban J connectivity index is 2.26. The summed E-state index contributed by atoms with van der Waals surface area (Å²) in [6.45, 7) is 5.96. The van der Waals surface area contributed by atoms with Crippen LogP contribution in [-0.2, 0) is 26.5 Å². The molecule has 1 aromatic carbocycles. The van der Waals surface area contributed by atoms with Gasteiger partial charge in [-0.2, -0.15) is 0 Å². The molecule has 0 aliphatic heterocycles. The fourth-order valence-corrected chi connectivity index (χ4v) is 3.68. The topological polar surface area (TPSA) is 97.5 Å². The molecule has 0 saturated heterocycles. The highest BCUT2D eigenvalue weighted by atomic mass is 32.2. The first-order chi connectivity index (χ1) is 11.9. The number of aliphatic hydroxyl groups is 1. The Kier molecular flexibility index (Phi) is 5.39. The van der Waals surface area contributed by atoms with Gasteiger partial charge in [0, 0.05) is 11.5 Å². The number of aromatic nitrogens is 1. The number of carbonyl (C=O) groups is 1. The molecule has 2 aromatic rings. The Morgan fingerprint density at radius 1 is 1.19 bits per heavy atom. The highest BCUT2D eigenvalue weighted by Gasteiger charge is 2.42. The van der Waals surface area contributed by atoms with E-state index in [4.69, 9.17) is 4.52 Å². The van der Waals surface area contributed by atoms with Crippen molar-refractivity contribution in [1.29, 1.82) is 0 Å². The first-order valence-corrected chi connectivity index (χ1v) is 9.50. The lowest BCUT2D eigenvalue weighted by Crippen LogP contribution is -2.41. The second-order valence-corrected chi connectivity index (χ2v) is 9.79. The average Bonchev–Trinajstić information content (AvgIpc) is 3.04. The van der Waals surface area contributed by atoms with Gasteiger partial charge in [-0.1, -0.05) is 19.0 Å². The largest absolute Gasteiger partial charge is 0.395 e. The van der Waals surface area contributed by atoms with E-state index in [1.54, 1.807) is 13.8 Å². The predicted octanol–water partition coefficient (Wildman–Crippen LogP) is 2.45. The smallest absolute Gasteiger partial charge is 0.190 e. The van der Waals surface area contributed by atoms with Gasteiger partial charge >= 0.3 is 0 Å². The maximum atomic E-state index is 13.0. The van der Waals surface area contributed by atoms with Crippen molar-refractivity contribution < 1.29 is 27.2 Å². The van der Waals surface area contributed by atoms with Crippen molar-refractivity contribution in [2.45, 2.75) is 49.2 Å². The molecule has 142 valence electrons. The van der Waals surface area contributed by atoms with E-state index in [1.807, 2.05) is 0 Å². The van der Waals surface area contributed by atoms with Crippen molar-refractivity contribution >= 4 is 15.6 Å². The molecule has 1 aromatic heterocycles. The minimum Gasteiger partial charge on any atom is -0.395 e.